The van der Waals surface area contributed by atoms with E-state index in [1.807, 2.05) is 34.6 Å². The first-order chi connectivity index (χ1) is 13.1. The van der Waals surface area contributed by atoms with Crippen LogP contribution < -0.4 is 4.90 Å². The molecule has 0 bridgehead atoms. The van der Waals surface area contributed by atoms with Crippen molar-refractivity contribution in [2.24, 2.45) is 0 Å². The number of hydrogen-bond donors (Lipinski definition) is 0. The van der Waals surface area contributed by atoms with Gasteiger partial charge in [0.05, 0.1) is 29.4 Å². The highest BCUT2D eigenvalue weighted by Gasteiger charge is 2.30. The van der Waals surface area contributed by atoms with Gasteiger partial charge >= 0.3 is 0 Å². The van der Waals surface area contributed by atoms with Crippen LogP contribution in [0.15, 0.2) is 6.08 Å². The van der Waals surface area contributed by atoms with Gasteiger partial charge in [-0.15, -0.1) is 0 Å². The van der Waals surface area contributed by atoms with Gasteiger partial charge in [-0.2, -0.15) is 0 Å². The summed E-state index contributed by atoms with van der Waals surface area (Å²) < 4.78 is 20.4. The molecule has 0 amide bonds. The summed E-state index contributed by atoms with van der Waals surface area (Å²) in [4.78, 5) is 15.7. The van der Waals surface area contributed by atoms with Crippen molar-refractivity contribution in [3.63, 3.8) is 0 Å². The Balaban J connectivity index is 0.000000614. The molecule has 1 saturated heterocycles. The summed E-state index contributed by atoms with van der Waals surface area (Å²) in [5.41, 5.74) is 2.54. The SMILES string of the molecule is CC.CC.CC1=CC2COCCCN2c2nc(C)nc3c(F)c(C)nc1c23. The van der Waals surface area contributed by atoms with Crippen LogP contribution in [0.2, 0.25) is 0 Å². The second kappa shape index (κ2) is 9.22. The lowest BCUT2D eigenvalue weighted by atomic mass is 10.1. The number of allylic oxidation sites excluding steroid dienone is 1. The maximum absolute atomic E-state index is 14.6. The molecule has 0 N–H and O–H groups in total. The van der Waals surface area contributed by atoms with Crippen molar-refractivity contribution in [3.05, 3.63) is 29.1 Å². The van der Waals surface area contributed by atoms with Crippen LogP contribution in [0, 0.1) is 19.7 Å². The molecule has 2 aliphatic rings. The summed E-state index contributed by atoms with van der Waals surface area (Å²) in [6.45, 7) is 15.7. The first-order valence-electron chi connectivity index (χ1n) is 9.94. The van der Waals surface area contributed by atoms with Gasteiger partial charge in [0.2, 0.25) is 0 Å². The van der Waals surface area contributed by atoms with Crippen LogP contribution in [-0.4, -0.2) is 40.8 Å². The van der Waals surface area contributed by atoms with Crippen molar-refractivity contribution < 1.29 is 9.13 Å². The second-order valence-corrected chi connectivity index (χ2v) is 6.22. The number of rotatable bonds is 0. The molecule has 148 valence electrons. The molecular formula is C21H31FN4O. The van der Waals surface area contributed by atoms with Crippen molar-refractivity contribution in [1.82, 2.24) is 15.0 Å². The molecule has 6 heteroatoms. The van der Waals surface area contributed by atoms with Gasteiger partial charge in [-0.3, -0.25) is 0 Å². The van der Waals surface area contributed by atoms with E-state index in [0.717, 1.165) is 42.0 Å². The second-order valence-electron chi connectivity index (χ2n) is 6.22. The van der Waals surface area contributed by atoms with E-state index in [2.05, 4.69) is 25.9 Å². The molecule has 1 unspecified atom stereocenters. The Morgan fingerprint density at radius 2 is 1.78 bits per heavy atom. The molecule has 2 aromatic rings. The monoisotopic (exact) mass is 374 g/mol. The number of anilines is 1. The number of nitrogens with zero attached hydrogens (tertiary/aromatic N) is 4. The largest absolute Gasteiger partial charge is 0.379 e. The Morgan fingerprint density at radius 3 is 2.48 bits per heavy atom. The Hall–Kier alpha value is -2.08. The molecule has 2 aliphatic heterocycles. The minimum atomic E-state index is -0.354. The predicted molar refractivity (Wildman–Crippen MR) is 110 cm³/mol. The molecule has 27 heavy (non-hydrogen) atoms. The molecule has 4 rings (SSSR count). The number of fused-ring (bicyclic) bond motifs is 2. The lowest BCUT2D eigenvalue weighted by Crippen LogP contribution is -2.36. The third-order valence-corrected chi connectivity index (χ3v) is 4.51. The van der Waals surface area contributed by atoms with Crippen LogP contribution in [-0.2, 0) is 4.74 Å². The third kappa shape index (κ3) is 3.95. The molecule has 0 saturated carbocycles. The van der Waals surface area contributed by atoms with Crippen molar-refractivity contribution >= 4 is 22.3 Å². The van der Waals surface area contributed by atoms with Crippen molar-refractivity contribution in [2.45, 2.75) is 60.9 Å². The first kappa shape index (κ1) is 21.2. The molecule has 0 aliphatic carbocycles. The van der Waals surface area contributed by atoms with Crippen LogP contribution in [0.25, 0.3) is 16.5 Å². The fourth-order valence-electron chi connectivity index (χ4n) is 3.44. The van der Waals surface area contributed by atoms with E-state index in [1.165, 1.54) is 0 Å². The number of ether oxygens (including phenoxy) is 1. The van der Waals surface area contributed by atoms with Gasteiger partial charge in [-0.1, -0.05) is 33.8 Å². The van der Waals surface area contributed by atoms with Gasteiger partial charge in [0.1, 0.15) is 17.2 Å². The predicted octanol–water partition coefficient (Wildman–Crippen LogP) is 4.85. The average Bonchev–Trinajstić information content (AvgIpc) is 2.97. The number of hydrogen-bond acceptors (Lipinski definition) is 5. The minimum Gasteiger partial charge on any atom is -0.379 e. The Morgan fingerprint density at radius 1 is 1.07 bits per heavy atom. The average molecular weight is 375 g/mol. The highest BCUT2D eigenvalue weighted by Crippen LogP contribution is 2.37. The number of pyridine rings is 1. The molecule has 1 atom stereocenters. The number of aryl methyl sites for hydroxylation is 2. The van der Waals surface area contributed by atoms with Crippen molar-refractivity contribution in [1.29, 1.82) is 0 Å². The zero-order valence-electron chi connectivity index (χ0n) is 17.6. The quantitative estimate of drug-likeness (QED) is 0.660. The maximum Gasteiger partial charge on any atom is 0.170 e. The molecule has 4 heterocycles. The first-order valence-corrected chi connectivity index (χ1v) is 9.94. The molecular weight excluding hydrogens is 343 g/mol. The fourth-order valence-corrected chi connectivity index (χ4v) is 3.44. The van der Waals surface area contributed by atoms with Gasteiger partial charge in [0.25, 0.3) is 0 Å². The van der Waals surface area contributed by atoms with Crippen molar-refractivity contribution in [3.8, 4) is 0 Å². The lowest BCUT2D eigenvalue weighted by molar-refractivity contribution is 0.142. The third-order valence-electron chi connectivity index (χ3n) is 4.51. The summed E-state index contributed by atoms with van der Waals surface area (Å²) in [6, 6.07) is 0.0903. The molecule has 1 fully saturated rings. The molecule has 2 aromatic heterocycles. The topological polar surface area (TPSA) is 51.1 Å². The standard InChI is InChI=1S/C17H19FN4O.2C2H6/c1-9-7-12-8-23-6-4-5-22(12)17-13-15(9)19-10(2)14(18)16(13)20-11(3)21-17;2*1-2/h7,12H,4-6,8H2,1-3H3;2*1-2H3. The van der Waals surface area contributed by atoms with Gasteiger partial charge in [0, 0.05) is 13.2 Å². The highest BCUT2D eigenvalue weighted by molar-refractivity contribution is 5.99. The van der Waals surface area contributed by atoms with E-state index in [9.17, 15) is 4.39 Å². The molecule has 0 spiro atoms. The normalized spacial score (nSPS) is 18.1. The summed E-state index contributed by atoms with van der Waals surface area (Å²) >= 11 is 0. The number of aromatic nitrogens is 3. The van der Waals surface area contributed by atoms with Crippen molar-refractivity contribution in [2.75, 3.05) is 24.7 Å². The number of halogens is 1. The molecule has 0 radical (unpaired) electrons. The van der Waals surface area contributed by atoms with Crippen LogP contribution >= 0.6 is 0 Å². The maximum atomic E-state index is 14.6. The Bertz CT molecular complexity index is 835. The summed E-state index contributed by atoms with van der Waals surface area (Å²) in [5, 5.41) is 0.719. The summed E-state index contributed by atoms with van der Waals surface area (Å²) in [5.74, 6) is 0.997. The van der Waals surface area contributed by atoms with Crippen LogP contribution in [0.3, 0.4) is 0 Å². The van der Waals surface area contributed by atoms with E-state index >= 15 is 0 Å². The zero-order valence-corrected chi connectivity index (χ0v) is 17.6. The van der Waals surface area contributed by atoms with E-state index in [-0.39, 0.29) is 11.9 Å². The Labute approximate surface area is 161 Å². The smallest absolute Gasteiger partial charge is 0.170 e. The van der Waals surface area contributed by atoms with E-state index < -0.39 is 0 Å². The molecule has 5 nitrogen and oxygen atoms in total. The fraction of sp³-hybridized carbons (Fsp3) is 0.571. The van der Waals surface area contributed by atoms with E-state index in [0.29, 0.717) is 23.6 Å². The summed E-state index contributed by atoms with van der Waals surface area (Å²) in [6.07, 6.45) is 3.08. The zero-order chi connectivity index (χ0) is 20.1. The van der Waals surface area contributed by atoms with Crippen LogP contribution in [0.5, 0.6) is 0 Å². The summed E-state index contributed by atoms with van der Waals surface area (Å²) in [7, 11) is 0. The van der Waals surface area contributed by atoms with E-state index in [4.69, 9.17) is 4.74 Å². The Kier molecular flexibility index (Phi) is 7.25. The van der Waals surface area contributed by atoms with Crippen LogP contribution in [0.1, 0.15) is 58.3 Å². The van der Waals surface area contributed by atoms with Gasteiger partial charge < -0.3 is 9.64 Å². The van der Waals surface area contributed by atoms with Crippen LogP contribution in [0.4, 0.5) is 10.2 Å². The van der Waals surface area contributed by atoms with Gasteiger partial charge in [-0.05, 0) is 32.8 Å². The molecule has 0 aromatic carbocycles. The minimum absolute atomic E-state index is 0.0903. The van der Waals surface area contributed by atoms with E-state index in [1.54, 1.807) is 13.8 Å². The van der Waals surface area contributed by atoms with Gasteiger partial charge in [0.15, 0.2) is 5.82 Å². The van der Waals surface area contributed by atoms with Gasteiger partial charge in [-0.25, -0.2) is 19.3 Å². The lowest BCUT2D eigenvalue weighted by Gasteiger charge is -2.28. The highest BCUT2D eigenvalue weighted by atomic mass is 19.1.